The Bertz CT molecular complexity index is 533. The van der Waals surface area contributed by atoms with Gasteiger partial charge in [-0.05, 0) is 30.2 Å². The van der Waals surface area contributed by atoms with Crippen molar-refractivity contribution in [3.8, 4) is 6.07 Å². The molecule has 2 atom stereocenters. The molecule has 0 spiro atoms. The molecule has 0 radical (unpaired) electrons. The minimum atomic E-state index is -0.721. The summed E-state index contributed by atoms with van der Waals surface area (Å²) in [6, 6.07) is 6.66. The van der Waals surface area contributed by atoms with Crippen molar-refractivity contribution >= 4 is 5.91 Å². The minimum Gasteiger partial charge on any atom is -0.320 e. The maximum Gasteiger partial charge on any atom is 0.241 e. The van der Waals surface area contributed by atoms with Gasteiger partial charge >= 0.3 is 0 Å². The van der Waals surface area contributed by atoms with Gasteiger partial charge in [0, 0.05) is 6.54 Å². The summed E-state index contributed by atoms with van der Waals surface area (Å²) in [7, 11) is 0. The summed E-state index contributed by atoms with van der Waals surface area (Å²) in [6.07, 6.45) is 3.78. The molecule has 0 saturated carbocycles. The first-order valence-corrected chi connectivity index (χ1v) is 5.98. The lowest BCUT2D eigenvalue weighted by Crippen LogP contribution is -2.46. The maximum atomic E-state index is 12.8. The number of nitrogens with two attached hydrogens (primary N) is 1. The van der Waals surface area contributed by atoms with E-state index < -0.39 is 12.1 Å². The Morgan fingerprint density at radius 3 is 2.84 bits per heavy atom. The third-order valence-corrected chi connectivity index (χ3v) is 3.06. The third-order valence-electron chi connectivity index (χ3n) is 3.06. The van der Waals surface area contributed by atoms with Crippen molar-refractivity contribution in [3.63, 3.8) is 0 Å². The van der Waals surface area contributed by atoms with Crippen LogP contribution in [-0.4, -0.2) is 29.4 Å². The molecule has 2 rings (SSSR count). The Hall–Kier alpha value is -2.19. The highest BCUT2D eigenvalue weighted by Crippen LogP contribution is 2.12. The van der Waals surface area contributed by atoms with Gasteiger partial charge in [0.2, 0.25) is 5.91 Å². The number of carbonyl (C=O) groups is 1. The predicted molar refractivity (Wildman–Crippen MR) is 68.3 cm³/mol. The quantitative estimate of drug-likeness (QED) is 0.823. The van der Waals surface area contributed by atoms with E-state index in [1.165, 1.54) is 17.0 Å². The van der Waals surface area contributed by atoms with E-state index >= 15 is 0 Å². The normalized spacial score (nSPS) is 19.2. The van der Waals surface area contributed by atoms with E-state index in [1.54, 1.807) is 24.3 Å². The highest BCUT2D eigenvalue weighted by molar-refractivity contribution is 5.83. The summed E-state index contributed by atoms with van der Waals surface area (Å²) < 4.78 is 12.8. The number of nitriles is 1. The van der Waals surface area contributed by atoms with Gasteiger partial charge in [-0.2, -0.15) is 5.26 Å². The van der Waals surface area contributed by atoms with Gasteiger partial charge in [-0.25, -0.2) is 4.39 Å². The Kier molecular flexibility index (Phi) is 3.93. The van der Waals surface area contributed by atoms with Crippen LogP contribution in [0.5, 0.6) is 0 Å². The summed E-state index contributed by atoms with van der Waals surface area (Å²) >= 11 is 0. The highest BCUT2D eigenvalue weighted by Gasteiger charge is 2.28. The number of halogens is 1. The summed E-state index contributed by atoms with van der Waals surface area (Å²) in [4.78, 5) is 13.6. The van der Waals surface area contributed by atoms with Crippen molar-refractivity contribution in [2.24, 2.45) is 5.73 Å². The first-order valence-electron chi connectivity index (χ1n) is 5.98. The zero-order valence-electron chi connectivity index (χ0n) is 10.3. The molecular weight excluding hydrogens is 245 g/mol. The lowest BCUT2D eigenvalue weighted by molar-refractivity contribution is -0.132. The van der Waals surface area contributed by atoms with E-state index in [0.29, 0.717) is 13.0 Å². The zero-order chi connectivity index (χ0) is 13.8. The molecule has 0 unspecified atom stereocenters. The fourth-order valence-corrected chi connectivity index (χ4v) is 2.04. The molecule has 1 aromatic carbocycles. The molecule has 0 fully saturated rings. The van der Waals surface area contributed by atoms with Gasteiger partial charge in [0.15, 0.2) is 0 Å². The van der Waals surface area contributed by atoms with Crippen LogP contribution in [-0.2, 0) is 11.2 Å². The molecule has 98 valence electrons. The minimum absolute atomic E-state index is 0.263. The lowest BCUT2D eigenvalue weighted by Gasteiger charge is -2.23. The predicted octanol–water partition coefficient (Wildman–Crippen LogP) is 0.986. The molecule has 0 aliphatic carbocycles. The molecular formula is C14H14FN3O. The molecule has 1 amide bonds. The first kappa shape index (κ1) is 13.2. The SMILES string of the molecule is N#C[C@@H]1C=CCN1C(=O)[C@@H](N)Cc1ccc(F)cc1. The highest BCUT2D eigenvalue weighted by atomic mass is 19.1. The summed E-state index contributed by atoms with van der Waals surface area (Å²) in [6.45, 7) is 0.411. The van der Waals surface area contributed by atoms with Crippen molar-refractivity contribution in [2.75, 3.05) is 6.54 Å². The number of carbonyl (C=O) groups excluding carboxylic acids is 1. The number of nitrogens with zero attached hydrogens (tertiary/aromatic N) is 2. The van der Waals surface area contributed by atoms with Gasteiger partial charge in [0.25, 0.3) is 0 Å². The molecule has 0 aromatic heterocycles. The monoisotopic (exact) mass is 259 g/mol. The number of amides is 1. The first-order chi connectivity index (χ1) is 9.11. The number of rotatable bonds is 3. The number of hydrogen-bond acceptors (Lipinski definition) is 3. The van der Waals surface area contributed by atoms with Crippen LogP contribution in [0, 0.1) is 17.1 Å². The smallest absolute Gasteiger partial charge is 0.241 e. The van der Waals surface area contributed by atoms with Gasteiger partial charge in [0.1, 0.15) is 11.9 Å². The fraction of sp³-hybridized carbons (Fsp3) is 0.286. The van der Waals surface area contributed by atoms with E-state index in [0.717, 1.165) is 5.56 Å². The number of benzene rings is 1. The van der Waals surface area contributed by atoms with Crippen molar-refractivity contribution < 1.29 is 9.18 Å². The number of hydrogen-bond donors (Lipinski definition) is 1. The summed E-state index contributed by atoms with van der Waals surface area (Å²) in [5.74, 6) is -0.585. The average Bonchev–Trinajstić information content (AvgIpc) is 2.88. The summed E-state index contributed by atoms with van der Waals surface area (Å²) in [5.41, 5.74) is 6.66. The zero-order valence-corrected chi connectivity index (χ0v) is 10.3. The Balaban J connectivity index is 2.00. The molecule has 2 N–H and O–H groups in total. The average molecular weight is 259 g/mol. The van der Waals surface area contributed by atoms with Crippen LogP contribution in [0.15, 0.2) is 36.4 Å². The van der Waals surface area contributed by atoms with E-state index in [9.17, 15) is 9.18 Å². The van der Waals surface area contributed by atoms with Crippen molar-refractivity contribution in [1.29, 1.82) is 5.26 Å². The van der Waals surface area contributed by atoms with E-state index in [2.05, 4.69) is 0 Å². The maximum absolute atomic E-state index is 12.8. The second-order valence-electron chi connectivity index (χ2n) is 4.43. The largest absolute Gasteiger partial charge is 0.320 e. The van der Waals surface area contributed by atoms with Crippen molar-refractivity contribution in [3.05, 3.63) is 47.8 Å². The van der Waals surface area contributed by atoms with Crippen LogP contribution >= 0.6 is 0 Å². The molecule has 1 aliphatic rings. The molecule has 1 aliphatic heterocycles. The van der Waals surface area contributed by atoms with Gasteiger partial charge < -0.3 is 10.6 Å². The fourth-order valence-electron chi connectivity index (χ4n) is 2.04. The third kappa shape index (κ3) is 2.98. The van der Waals surface area contributed by atoms with Crippen LogP contribution in [0.3, 0.4) is 0 Å². The van der Waals surface area contributed by atoms with E-state index in [-0.39, 0.29) is 11.7 Å². The van der Waals surface area contributed by atoms with Crippen LogP contribution in [0.25, 0.3) is 0 Å². The summed E-state index contributed by atoms with van der Waals surface area (Å²) in [5, 5.41) is 8.91. The van der Waals surface area contributed by atoms with Gasteiger partial charge in [-0.15, -0.1) is 0 Å². The Labute approximate surface area is 110 Å². The van der Waals surface area contributed by atoms with Crippen molar-refractivity contribution in [2.45, 2.75) is 18.5 Å². The lowest BCUT2D eigenvalue weighted by atomic mass is 10.1. The second-order valence-corrected chi connectivity index (χ2v) is 4.43. The van der Waals surface area contributed by atoms with Crippen LogP contribution in [0.4, 0.5) is 4.39 Å². The molecule has 0 saturated heterocycles. The standard InChI is InChI=1S/C14H14FN3O/c15-11-5-3-10(4-6-11)8-13(17)14(19)18-7-1-2-12(18)9-16/h1-6,12-13H,7-8,17H2/t12-,13-/m0/s1. The van der Waals surface area contributed by atoms with Crippen LogP contribution in [0.1, 0.15) is 5.56 Å². The topological polar surface area (TPSA) is 70.1 Å². The second kappa shape index (κ2) is 5.63. The van der Waals surface area contributed by atoms with Gasteiger partial charge in [-0.3, -0.25) is 4.79 Å². The Morgan fingerprint density at radius 2 is 2.21 bits per heavy atom. The molecule has 1 aromatic rings. The van der Waals surface area contributed by atoms with Crippen LogP contribution in [0.2, 0.25) is 0 Å². The van der Waals surface area contributed by atoms with E-state index in [4.69, 9.17) is 11.0 Å². The molecule has 19 heavy (non-hydrogen) atoms. The van der Waals surface area contributed by atoms with Gasteiger partial charge in [0.05, 0.1) is 12.1 Å². The molecule has 1 heterocycles. The molecule has 5 heteroatoms. The Morgan fingerprint density at radius 1 is 1.53 bits per heavy atom. The van der Waals surface area contributed by atoms with E-state index in [1.807, 2.05) is 6.07 Å². The van der Waals surface area contributed by atoms with Gasteiger partial charge in [-0.1, -0.05) is 18.2 Å². The molecule has 4 nitrogen and oxygen atoms in total. The van der Waals surface area contributed by atoms with Crippen molar-refractivity contribution in [1.82, 2.24) is 4.90 Å². The molecule has 0 bridgehead atoms. The van der Waals surface area contributed by atoms with Crippen LogP contribution < -0.4 is 5.73 Å².